The SMILES string of the molecule is CO[C@@H]1/C=C/O[C@@]2(C)Oc3c(C)c(O)c4c(c3C2=O)C(=O)C=C(NC(=O)/C(C)=C\C=C\[C@H](C)[C@H](O)[C@H](C)[C@H](O)[C@H](C)[C@H](OC(C)=O)[C@H]1C)C4=O. The molecule has 0 spiro atoms. The van der Waals surface area contributed by atoms with Crippen LogP contribution in [0.4, 0.5) is 0 Å². The number of rotatable bonds is 2. The van der Waals surface area contributed by atoms with Gasteiger partial charge in [0.25, 0.3) is 11.7 Å². The van der Waals surface area contributed by atoms with Crippen molar-refractivity contribution in [1.82, 2.24) is 5.32 Å². The van der Waals surface area contributed by atoms with Crippen LogP contribution in [0.1, 0.15) is 85.1 Å². The van der Waals surface area contributed by atoms with E-state index in [0.29, 0.717) is 0 Å². The molecule has 0 fully saturated rings. The number of fused-ring (bicyclic) bond motifs is 14. The molecule has 13 nitrogen and oxygen atoms in total. The van der Waals surface area contributed by atoms with Crippen molar-refractivity contribution in [1.29, 1.82) is 0 Å². The average Bonchev–Trinajstić information content (AvgIpc) is 3.33. The predicted octanol–water partition coefficient (Wildman–Crippen LogP) is 3.63. The minimum atomic E-state index is -2.03. The number of aromatic hydroxyl groups is 1. The number of hydrogen-bond acceptors (Lipinski definition) is 12. The Kier molecular flexibility index (Phi) is 11.2. The standard InChI is InChI=1S/C37H45NO12/c1-16-11-10-12-17(2)36(46)38-23-15-24(40)26-27(32(23)44)31(43)21(6)34-28(26)35(45)37(8,50-34)48-14-13-25(47-9)18(3)33(49-22(7)39)20(5)30(42)19(4)29(16)41/h10-16,18-20,25,29-30,33,41-43H,1-9H3,(H,38,46)/b11-10+,14-13+,17-12-/t16-,18-,19-,20-,25+,29-,30-,33+,37-/m0/s1. The lowest BCUT2D eigenvalue weighted by Gasteiger charge is -2.38. The Bertz CT molecular complexity index is 1720. The van der Waals surface area contributed by atoms with Crippen molar-refractivity contribution in [2.24, 2.45) is 23.7 Å². The van der Waals surface area contributed by atoms with E-state index in [9.17, 15) is 39.3 Å². The summed E-state index contributed by atoms with van der Waals surface area (Å²) in [6, 6.07) is 0. The second-order valence-electron chi connectivity index (χ2n) is 13.4. The summed E-state index contributed by atoms with van der Waals surface area (Å²) in [4.78, 5) is 66.2. The van der Waals surface area contributed by atoms with Crippen molar-refractivity contribution >= 4 is 29.2 Å². The van der Waals surface area contributed by atoms with Gasteiger partial charge in [-0.25, -0.2) is 0 Å². The zero-order valence-electron chi connectivity index (χ0n) is 29.6. The first-order valence-electron chi connectivity index (χ1n) is 16.4. The summed E-state index contributed by atoms with van der Waals surface area (Å²) in [6.45, 7) is 12.3. The van der Waals surface area contributed by atoms with Crippen LogP contribution in [0.25, 0.3) is 0 Å². The Morgan fingerprint density at radius 2 is 1.60 bits per heavy atom. The van der Waals surface area contributed by atoms with Crippen LogP contribution in [0.15, 0.2) is 47.9 Å². The number of Topliss-reactive ketones (excluding diaryl/α,β-unsaturated/α-hetero) is 2. The highest BCUT2D eigenvalue weighted by atomic mass is 16.7. The normalized spacial score (nSPS) is 34.5. The van der Waals surface area contributed by atoms with Crippen LogP contribution in [0.3, 0.4) is 0 Å². The molecule has 1 aromatic rings. The third-order valence-corrected chi connectivity index (χ3v) is 9.80. The third kappa shape index (κ3) is 7.03. The van der Waals surface area contributed by atoms with Gasteiger partial charge in [-0.1, -0.05) is 45.9 Å². The second-order valence-corrected chi connectivity index (χ2v) is 13.4. The fraction of sp³-hybridized carbons (Fsp3) is 0.486. The summed E-state index contributed by atoms with van der Waals surface area (Å²) in [7, 11) is 1.42. The maximum atomic E-state index is 13.9. The molecule has 5 rings (SSSR count). The van der Waals surface area contributed by atoms with Crippen LogP contribution in [0.2, 0.25) is 0 Å². The topological polar surface area (TPSA) is 195 Å². The molecule has 1 aliphatic carbocycles. The molecule has 9 atom stereocenters. The number of carbonyl (C=O) groups excluding carboxylic acids is 5. The zero-order valence-corrected chi connectivity index (χ0v) is 29.6. The first-order chi connectivity index (χ1) is 23.4. The molecule has 4 aliphatic rings. The molecule has 270 valence electrons. The van der Waals surface area contributed by atoms with Crippen LogP contribution in [-0.4, -0.2) is 81.9 Å². The van der Waals surface area contributed by atoms with Gasteiger partial charge in [-0.2, -0.15) is 0 Å². The van der Waals surface area contributed by atoms with Gasteiger partial charge in [-0.05, 0) is 19.9 Å². The number of allylic oxidation sites excluding steroid dienone is 4. The quantitative estimate of drug-likeness (QED) is 0.329. The van der Waals surface area contributed by atoms with Gasteiger partial charge in [0.2, 0.25) is 5.78 Å². The summed E-state index contributed by atoms with van der Waals surface area (Å²) >= 11 is 0. The third-order valence-electron chi connectivity index (χ3n) is 9.80. The first kappa shape index (κ1) is 38.2. The minimum absolute atomic E-state index is 0.00885. The molecular formula is C37H45NO12. The van der Waals surface area contributed by atoms with Gasteiger partial charge in [0, 0.05) is 61.8 Å². The van der Waals surface area contributed by atoms with Gasteiger partial charge in [0.1, 0.15) is 17.6 Å². The first-order valence-corrected chi connectivity index (χ1v) is 16.4. The van der Waals surface area contributed by atoms with Gasteiger partial charge in [0.15, 0.2) is 5.78 Å². The number of phenols is 1. The number of esters is 1. The molecule has 13 heteroatoms. The van der Waals surface area contributed by atoms with E-state index in [2.05, 4.69) is 5.32 Å². The van der Waals surface area contributed by atoms with Gasteiger partial charge in [-0.3, -0.25) is 24.0 Å². The van der Waals surface area contributed by atoms with E-state index in [1.54, 1.807) is 39.8 Å². The van der Waals surface area contributed by atoms with Crippen LogP contribution in [0, 0.1) is 30.6 Å². The molecular weight excluding hydrogens is 650 g/mol. The molecule has 0 saturated heterocycles. The highest BCUT2D eigenvalue weighted by Crippen LogP contribution is 2.47. The Labute approximate surface area is 290 Å². The van der Waals surface area contributed by atoms with Gasteiger partial charge in [0.05, 0.1) is 47.0 Å². The Hall–Kier alpha value is -4.59. The number of amides is 1. The molecule has 3 aliphatic heterocycles. The molecule has 0 aromatic heterocycles. The van der Waals surface area contributed by atoms with Gasteiger partial charge >= 0.3 is 11.8 Å². The summed E-state index contributed by atoms with van der Waals surface area (Å²) in [6.07, 6.45) is 4.31. The highest BCUT2D eigenvalue weighted by Gasteiger charge is 2.51. The Morgan fingerprint density at radius 3 is 2.22 bits per heavy atom. The number of aliphatic hydroxyl groups excluding tert-OH is 2. The number of ether oxygens (including phenoxy) is 4. The van der Waals surface area contributed by atoms with E-state index >= 15 is 0 Å². The number of benzene rings is 1. The molecule has 5 bridgehead atoms. The van der Waals surface area contributed by atoms with Crippen molar-refractivity contribution in [3.63, 3.8) is 0 Å². The van der Waals surface area contributed by atoms with Crippen molar-refractivity contribution in [3.05, 3.63) is 70.2 Å². The second kappa shape index (κ2) is 14.7. The van der Waals surface area contributed by atoms with Gasteiger partial charge < -0.3 is 39.6 Å². The van der Waals surface area contributed by atoms with E-state index in [1.807, 2.05) is 0 Å². The maximum absolute atomic E-state index is 13.9. The van der Waals surface area contributed by atoms with E-state index in [4.69, 9.17) is 18.9 Å². The molecule has 4 N–H and O–H groups in total. The summed E-state index contributed by atoms with van der Waals surface area (Å²) in [5, 5.41) is 36.1. The summed E-state index contributed by atoms with van der Waals surface area (Å²) in [5.74, 6) is -8.99. The number of aliphatic hydroxyl groups is 2. The van der Waals surface area contributed by atoms with Crippen LogP contribution in [0.5, 0.6) is 11.5 Å². The number of nitrogens with one attached hydrogen (secondary N) is 1. The lowest BCUT2D eigenvalue weighted by atomic mass is 9.78. The molecule has 1 aromatic carbocycles. The maximum Gasteiger partial charge on any atom is 0.312 e. The largest absolute Gasteiger partial charge is 0.507 e. The average molecular weight is 696 g/mol. The monoisotopic (exact) mass is 695 g/mol. The predicted molar refractivity (Wildman–Crippen MR) is 179 cm³/mol. The van der Waals surface area contributed by atoms with Crippen molar-refractivity contribution in [2.75, 3.05) is 7.11 Å². The lowest BCUT2D eigenvalue weighted by Crippen LogP contribution is -2.46. The molecule has 0 unspecified atom stereocenters. The van der Waals surface area contributed by atoms with E-state index in [1.165, 1.54) is 47.0 Å². The number of carbonyl (C=O) groups is 5. The van der Waals surface area contributed by atoms with Crippen molar-refractivity contribution in [3.8, 4) is 11.5 Å². The Balaban J connectivity index is 1.83. The van der Waals surface area contributed by atoms with Gasteiger partial charge in [-0.15, -0.1) is 0 Å². The molecule has 3 heterocycles. The van der Waals surface area contributed by atoms with Crippen molar-refractivity contribution < 1.29 is 58.2 Å². The van der Waals surface area contributed by atoms with E-state index in [0.717, 1.165) is 12.3 Å². The van der Waals surface area contributed by atoms with E-state index in [-0.39, 0.29) is 28.0 Å². The fourth-order valence-corrected chi connectivity index (χ4v) is 6.62. The molecule has 50 heavy (non-hydrogen) atoms. The molecule has 0 saturated carbocycles. The van der Waals surface area contributed by atoms with Crippen molar-refractivity contribution in [2.45, 2.75) is 85.6 Å². The van der Waals surface area contributed by atoms with E-state index < -0.39 is 100 Å². The lowest BCUT2D eigenvalue weighted by molar-refractivity contribution is -0.160. The number of hydrogen-bond donors (Lipinski definition) is 4. The highest BCUT2D eigenvalue weighted by molar-refractivity contribution is 6.30. The fourth-order valence-electron chi connectivity index (χ4n) is 6.62. The van der Waals surface area contributed by atoms with Crippen LogP contribution < -0.4 is 10.1 Å². The molecule has 1 amide bonds. The Morgan fingerprint density at radius 1 is 0.940 bits per heavy atom. The van der Waals surface area contributed by atoms with Crippen LogP contribution >= 0.6 is 0 Å². The smallest absolute Gasteiger partial charge is 0.312 e. The number of methoxy groups -OCH3 is 1. The summed E-state index contributed by atoms with van der Waals surface area (Å²) in [5.41, 5.74) is -1.31. The van der Waals surface area contributed by atoms with Crippen LogP contribution in [-0.2, 0) is 23.8 Å². The molecule has 0 radical (unpaired) electrons. The number of ketones is 3. The summed E-state index contributed by atoms with van der Waals surface area (Å²) < 4.78 is 23.1. The number of phenolic OH excluding ortho intramolecular Hbond substituents is 1. The zero-order chi connectivity index (χ0) is 37.4. The minimum Gasteiger partial charge on any atom is -0.507 e.